The molecule has 7 nitrogen and oxygen atoms in total. The van der Waals surface area contributed by atoms with Crippen molar-refractivity contribution in [1.82, 2.24) is 10.2 Å². The highest BCUT2D eigenvalue weighted by Gasteiger charge is 2.35. The molecule has 5 rings (SSSR count). The standard InChI is InChI=1S/C30H35F3N4O3/c31-24-13-26(33)25(32)11-22(24)10-23(34)12-29(39)36-15-21-3-1-2-4-27(21)37(30(40)17-36)16-28(38)35-14-20-8-18-5-6-19(7-18)9-20/h1-4,11,13,18-20,23H,5-10,12,14-17,34H2,(H,35,38)/t18?,19?,20?,23-/m1/s1. The number of rotatable bonds is 8. The van der Waals surface area contributed by atoms with E-state index in [9.17, 15) is 27.6 Å². The summed E-state index contributed by atoms with van der Waals surface area (Å²) >= 11 is 0. The Kier molecular flexibility index (Phi) is 8.44. The van der Waals surface area contributed by atoms with Crippen LogP contribution in [0.15, 0.2) is 36.4 Å². The molecule has 3 aliphatic rings. The molecule has 1 heterocycles. The predicted molar refractivity (Wildman–Crippen MR) is 143 cm³/mol. The largest absolute Gasteiger partial charge is 0.354 e. The molecule has 3 N–H and O–H groups in total. The maximum Gasteiger partial charge on any atom is 0.247 e. The van der Waals surface area contributed by atoms with Gasteiger partial charge in [-0.1, -0.05) is 31.0 Å². The normalized spacial score (nSPS) is 23.0. The van der Waals surface area contributed by atoms with Crippen molar-refractivity contribution in [2.75, 3.05) is 24.5 Å². The Labute approximate surface area is 231 Å². The molecule has 2 unspecified atom stereocenters. The summed E-state index contributed by atoms with van der Waals surface area (Å²) in [5, 5.41) is 3.02. The lowest BCUT2D eigenvalue weighted by molar-refractivity contribution is -0.136. The number of carbonyl (C=O) groups excluding carboxylic acids is 3. The lowest BCUT2D eigenvalue weighted by Crippen LogP contribution is -2.46. The van der Waals surface area contributed by atoms with Crippen molar-refractivity contribution in [2.24, 2.45) is 23.5 Å². The predicted octanol–water partition coefficient (Wildman–Crippen LogP) is 3.68. The Morgan fingerprint density at radius 3 is 2.42 bits per heavy atom. The Bertz CT molecular complexity index is 1280. The lowest BCUT2D eigenvalue weighted by atomic mass is 9.81. The fourth-order valence-electron chi connectivity index (χ4n) is 6.60. The van der Waals surface area contributed by atoms with Crippen molar-refractivity contribution in [3.63, 3.8) is 0 Å². The number of nitrogens with two attached hydrogens (primary N) is 1. The van der Waals surface area contributed by atoms with Crippen LogP contribution >= 0.6 is 0 Å². The van der Waals surface area contributed by atoms with Gasteiger partial charge in [0.2, 0.25) is 17.7 Å². The van der Waals surface area contributed by atoms with E-state index in [0.29, 0.717) is 29.8 Å². The van der Waals surface area contributed by atoms with Gasteiger partial charge in [0.05, 0.1) is 0 Å². The summed E-state index contributed by atoms with van der Waals surface area (Å²) in [6.45, 7) is 0.345. The Balaban J connectivity index is 1.21. The number of halogens is 3. The molecule has 0 aromatic heterocycles. The zero-order chi connectivity index (χ0) is 28.4. The molecule has 0 spiro atoms. The van der Waals surface area contributed by atoms with Gasteiger partial charge in [-0.15, -0.1) is 0 Å². The number of hydrogen-bond donors (Lipinski definition) is 2. The number of amides is 3. The molecule has 2 aromatic rings. The number of nitrogens with one attached hydrogen (secondary N) is 1. The highest BCUT2D eigenvalue weighted by atomic mass is 19.2. The van der Waals surface area contributed by atoms with E-state index in [1.54, 1.807) is 24.3 Å². The van der Waals surface area contributed by atoms with Crippen LogP contribution < -0.4 is 16.0 Å². The van der Waals surface area contributed by atoms with Crippen molar-refractivity contribution in [3.05, 3.63) is 65.0 Å². The monoisotopic (exact) mass is 556 g/mol. The van der Waals surface area contributed by atoms with Gasteiger partial charge in [0, 0.05) is 37.3 Å². The third kappa shape index (κ3) is 6.49. The van der Waals surface area contributed by atoms with Crippen LogP contribution in [0.2, 0.25) is 0 Å². The first-order chi connectivity index (χ1) is 19.2. The summed E-state index contributed by atoms with van der Waals surface area (Å²) < 4.78 is 40.9. The first-order valence-electron chi connectivity index (χ1n) is 14.0. The van der Waals surface area contributed by atoms with Gasteiger partial charge in [-0.05, 0) is 66.7 Å². The van der Waals surface area contributed by atoms with Crippen LogP contribution in [0.3, 0.4) is 0 Å². The number of carbonyl (C=O) groups is 3. The first kappa shape index (κ1) is 28.1. The second kappa shape index (κ2) is 12.0. The number of anilines is 1. The second-order valence-electron chi connectivity index (χ2n) is 11.6. The quantitative estimate of drug-likeness (QED) is 0.485. The lowest BCUT2D eigenvalue weighted by Gasteiger charge is -2.28. The second-order valence-corrected chi connectivity index (χ2v) is 11.6. The van der Waals surface area contributed by atoms with E-state index in [2.05, 4.69) is 5.32 Å². The van der Waals surface area contributed by atoms with Gasteiger partial charge in [-0.2, -0.15) is 0 Å². The Morgan fingerprint density at radius 1 is 0.975 bits per heavy atom. The van der Waals surface area contributed by atoms with Crippen LogP contribution in [0.25, 0.3) is 0 Å². The van der Waals surface area contributed by atoms with Crippen LogP contribution in [0, 0.1) is 35.2 Å². The molecular formula is C30H35F3N4O3. The van der Waals surface area contributed by atoms with Crippen LogP contribution in [0.1, 0.15) is 49.7 Å². The third-order valence-electron chi connectivity index (χ3n) is 8.50. The van der Waals surface area contributed by atoms with Gasteiger partial charge in [0.1, 0.15) is 18.9 Å². The number of nitrogens with zero attached hydrogens (tertiary/aromatic N) is 2. The summed E-state index contributed by atoms with van der Waals surface area (Å²) in [6.07, 6.45) is 5.77. The Hall–Kier alpha value is -3.40. The number of fused-ring (bicyclic) bond motifs is 3. The summed E-state index contributed by atoms with van der Waals surface area (Å²) in [4.78, 5) is 42.2. The van der Waals surface area contributed by atoms with Gasteiger partial charge in [0.15, 0.2) is 11.6 Å². The fourth-order valence-corrected chi connectivity index (χ4v) is 6.60. The molecule has 3 amide bonds. The molecule has 2 aromatic carbocycles. The highest BCUT2D eigenvalue weighted by molar-refractivity contribution is 6.02. The molecule has 2 saturated carbocycles. The van der Waals surface area contributed by atoms with Gasteiger partial charge >= 0.3 is 0 Å². The van der Waals surface area contributed by atoms with Crippen molar-refractivity contribution < 1.29 is 27.6 Å². The molecule has 40 heavy (non-hydrogen) atoms. The number of para-hydroxylation sites is 1. The molecule has 214 valence electrons. The van der Waals surface area contributed by atoms with E-state index in [1.165, 1.54) is 29.1 Å². The molecular weight excluding hydrogens is 521 g/mol. The zero-order valence-corrected chi connectivity index (χ0v) is 22.4. The molecule has 10 heteroatoms. The summed E-state index contributed by atoms with van der Waals surface area (Å²) in [5.41, 5.74) is 7.22. The molecule has 3 atom stereocenters. The van der Waals surface area contributed by atoms with Crippen LogP contribution in [0.5, 0.6) is 0 Å². The van der Waals surface area contributed by atoms with Crippen molar-refractivity contribution in [2.45, 2.75) is 57.5 Å². The minimum atomic E-state index is -1.30. The summed E-state index contributed by atoms with van der Waals surface area (Å²) in [6, 6.07) is 7.44. The van der Waals surface area contributed by atoms with Crippen LogP contribution in [-0.2, 0) is 27.3 Å². The minimum absolute atomic E-state index is 0.130. The molecule has 0 saturated heterocycles. The third-order valence-corrected chi connectivity index (χ3v) is 8.50. The number of hydrogen-bond acceptors (Lipinski definition) is 4. The maximum atomic E-state index is 14.1. The van der Waals surface area contributed by atoms with E-state index in [1.807, 2.05) is 0 Å². The maximum absolute atomic E-state index is 14.1. The fraction of sp³-hybridized carbons (Fsp3) is 0.500. The van der Waals surface area contributed by atoms with E-state index in [-0.39, 0.29) is 43.9 Å². The van der Waals surface area contributed by atoms with Crippen LogP contribution in [-0.4, -0.2) is 48.3 Å². The van der Waals surface area contributed by atoms with Gasteiger partial charge in [-0.25, -0.2) is 13.2 Å². The molecule has 2 bridgehead atoms. The van der Waals surface area contributed by atoms with E-state index < -0.39 is 35.3 Å². The summed E-state index contributed by atoms with van der Waals surface area (Å²) in [5.74, 6) is -2.49. The smallest absolute Gasteiger partial charge is 0.247 e. The average Bonchev–Trinajstić information content (AvgIpc) is 3.18. The first-order valence-corrected chi connectivity index (χ1v) is 14.0. The van der Waals surface area contributed by atoms with Gasteiger partial charge in [-0.3, -0.25) is 14.4 Å². The average molecular weight is 557 g/mol. The minimum Gasteiger partial charge on any atom is -0.354 e. The zero-order valence-electron chi connectivity index (χ0n) is 22.4. The van der Waals surface area contributed by atoms with Crippen LogP contribution in [0.4, 0.5) is 18.9 Å². The SMILES string of the molecule is N[C@@H](CC(=O)N1CC(=O)N(CC(=O)NCC2CC3CCC(C3)C2)c2ccccc2C1)Cc1cc(F)c(F)cc1F. The molecule has 2 fully saturated rings. The summed E-state index contributed by atoms with van der Waals surface area (Å²) in [7, 11) is 0. The topological polar surface area (TPSA) is 95.7 Å². The number of benzene rings is 2. The molecule has 1 aliphatic heterocycles. The molecule has 0 radical (unpaired) electrons. The van der Waals surface area contributed by atoms with Crippen molar-refractivity contribution >= 4 is 23.4 Å². The Morgan fingerprint density at radius 2 is 1.68 bits per heavy atom. The van der Waals surface area contributed by atoms with Gasteiger partial charge in [0.25, 0.3) is 0 Å². The van der Waals surface area contributed by atoms with Gasteiger partial charge < -0.3 is 20.9 Å². The van der Waals surface area contributed by atoms with E-state index in [4.69, 9.17) is 5.73 Å². The van der Waals surface area contributed by atoms with Crippen molar-refractivity contribution in [3.8, 4) is 0 Å². The van der Waals surface area contributed by atoms with E-state index >= 15 is 0 Å². The molecule has 2 aliphatic carbocycles. The highest BCUT2D eigenvalue weighted by Crippen LogP contribution is 2.44. The van der Waals surface area contributed by atoms with E-state index in [0.717, 1.165) is 30.7 Å². The van der Waals surface area contributed by atoms with Crippen molar-refractivity contribution in [1.29, 1.82) is 0 Å².